The van der Waals surface area contributed by atoms with Crippen molar-refractivity contribution in [2.45, 2.75) is 45.3 Å². The highest BCUT2D eigenvalue weighted by Crippen LogP contribution is 2.36. The van der Waals surface area contributed by atoms with Crippen molar-refractivity contribution in [3.8, 4) is 0 Å². The molecule has 3 amide bonds. The minimum atomic E-state index is -0.106. The van der Waals surface area contributed by atoms with Crippen LogP contribution in [-0.4, -0.2) is 90.2 Å². The van der Waals surface area contributed by atoms with E-state index in [2.05, 4.69) is 10.2 Å². The molecule has 0 aromatic rings. The number of fused-ring (bicyclic) bond motifs is 2. The topological polar surface area (TPSA) is 65.1 Å². The van der Waals surface area contributed by atoms with Crippen LogP contribution in [0, 0.1) is 5.92 Å². The Morgan fingerprint density at radius 3 is 2.42 bits per heavy atom. The molecule has 3 fully saturated rings. The molecule has 3 rings (SSSR count). The van der Waals surface area contributed by atoms with E-state index in [9.17, 15) is 9.59 Å². The monoisotopic (exact) mass is 338 g/mol. The van der Waals surface area contributed by atoms with E-state index < -0.39 is 0 Å². The van der Waals surface area contributed by atoms with Gasteiger partial charge < -0.3 is 19.9 Å². The number of piperazine rings is 1. The first-order valence-electron chi connectivity index (χ1n) is 9.01. The fourth-order valence-electron chi connectivity index (χ4n) is 4.16. The second-order valence-electron chi connectivity index (χ2n) is 7.98. The van der Waals surface area contributed by atoms with Crippen molar-refractivity contribution in [1.29, 1.82) is 0 Å². The lowest BCUT2D eigenvalue weighted by Gasteiger charge is -2.63. The van der Waals surface area contributed by atoms with E-state index in [1.807, 2.05) is 37.5 Å². The molecule has 7 heteroatoms. The molecule has 0 radical (unpaired) electrons. The van der Waals surface area contributed by atoms with E-state index in [4.69, 9.17) is 4.74 Å². The molecule has 1 atom stereocenters. The fourth-order valence-corrected chi connectivity index (χ4v) is 4.16. The summed E-state index contributed by atoms with van der Waals surface area (Å²) in [5.74, 6) is 0.197. The van der Waals surface area contributed by atoms with Crippen LogP contribution in [0.5, 0.6) is 0 Å². The number of hydrogen-bond acceptors (Lipinski definition) is 4. The summed E-state index contributed by atoms with van der Waals surface area (Å²) in [4.78, 5) is 31.1. The van der Waals surface area contributed by atoms with Gasteiger partial charge in [0.25, 0.3) is 0 Å². The van der Waals surface area contributed by atoms with Gasteiger partial charge in [-0.05, 0) is 13.8 Å². The van der Waals surface area contributed by atoms with Crippen molar-refractivity contribution in [2.75, 3.05) is 45.9 Å². The van der Waals surface area contributed by atoms with Crippen LogP contribution >= 0.6 is 0 Å². The highest BCUT2D eigenvalue weighted by molar-refractivity contribution is 5.79. The van der Waals surface area contributed by atoms with Crippen LogP contribution in [-0.2, 0) is 9.53 Å². The second-order valence-corrected chi connectivity index (χ2v) is 7.98. The van der Waals surface area contributed by atoms with Crippen LogP contribution < -0.4 is 5.32 Å². The Morgan fingerprint density at radius 1 is 1.12 bits per heavy atom. The van der Waals surface area contributed by atoms with Gasteiger partial charge in [0.2, 0.25) is 5.91 Å². The molecule has 136 valence electrons. The SMILES string of the molecule is CC(C)NC(=O)N1CC2(C1)CN(C(=O)C(C)C)C[C@@H]1COCCN12. The number of nitrogens with one attached hydrogen (secondary N) is 1. The fraction of sp³-hybridized carbons (Fsp3) is 0.882. The molecule has 3 saturated heterocycles. The van der Waals surface area contributed by atoms with Gasteiger partial charge in [0, 0.05) is 44.7 Å². The van der Waals surface area contributed by atoms with Crippen LogP contribution in [0.1, 0.15) is 27.7 Å². The average molecular weight is 338 g/mol. The Kier molecular flexibility index (Phi) is 4.75. The van der Waals surface area contributed by atoms with E-state index in [1.54, 1.807) is 0 Å². The highest BCUT2D eigenvalue weighted by atomic mass is 16.5. The average Bonchev–Trinajstić information content (AvgIpc) is 2.49. The summed E-state index contributed by atoms with van der Waals surface area (Å²) in [6.45, 7) is 12.9. The molecule has 0 aromatic carbocycles. The number of morpholine rings is 1. The predicted molar refractivity (Wildman–Crippen MR) is 90.7 cm³/mol. The van der Waals surface area contributed by atoms with E-state index in [1.165, 1.54) is 0 Å². The number of nitrogens with zero attached hydrogens (tertiary/aromatic N) is 3. The summed E-state index contributed by atoms with van der Waals surface area (Å²) >= 11 is 0. The van der Waals surface area contributed by atoms with Gasteiger partial charge in [0.15, 0.2) is 0 Å². The predicted octanol–water partition coefficient (Wildman–Crippen LogP) is 0.358. The van der Waals surface area contributed by atoms with Gasteiger partial charge in [-0.3, -0.25) is 9.69 Å². The molecule has 0 unspecified atom stereocenters. The molecule has 1 spiro atoms. The Balaban J connectivity index is 1.72. The van der Waals surface area contributed by atoms with Crippen molar-refractivity contribution in [3.05, 3.63) is 0 Å². The summed E-state index contributed by atoms with van der Waals surface area (Å²) < 4.78 is 5.64. The summed E-state index contributed by atoms with van der Waals surface area (Å²) in [7, 11) is 0. The number of rotatable bonds is 2. The van der Waals surface area contributed by atoms with Gasteiger partial charge >= 0.3 is 6.03 Å². The largest absolute Gasteiger partial charge is 0.378 e. The number of urea groups is 1. The molecule has 24 heavy (non-hydrogen) atoms. The Morgan fingerprint density at radius 2 is 1.79 bits per heavy atom. The minimum Gasteiger partial charge on any atom is -0.378 e. The lowest BCUT2D eigenvalue weighted by molar-refractivity contribution is -0.170. The Labute approximate surface area is 144 Å². The van der Waals surface area contributed by atoms with Crippen LogP contribution in [0.3, 0.4) is 0 Å². The lowest BCUT2D eigenvalue weighted by atomic mass is 9.82. The van der Waals surface area contributed by atoms with E-state index in [0.29, 0.717) is 26.2 Å². The van der Waals surface area contributed by atoms with Gasteiger partial charge in [-0.1, -0.05) is 13.8 Å². The maximum atomic E-state index is 12.5. The summed E-state index contributed by atoms with van der Waals surface area (Å²) in [5, 5.41) is 2.95. The molecule has 0 aliphatic carbocycles. The maximum absolute atomic E-state index is 12.5. The summed E-state index contributed by atoms with van der Waals surface area (Å²) in [5.41, 5.74) is -0.106. The smallest absolute Gasteiger partial charge is 0.317 e. The number of amides is 3. The number of hydrogen-bond donors (Lipinski definition) is 1. The van der Waals surface area contributed by atoms with Crippen LogP contribution in [0.2, 0.25) is 0 Å². The molecule has 0 aromatic heterocycles. The first-order chi connectivity index (χ1) is 11.3. The van der Waals surface area contributed by atoms with Crippen molar-refractivity contribution >= 4 is 11.9 Å². The lowest BCUT2D eigenvalue weighted by Crippen LogP contribution is -2.82. The van der Waals surface area contributed by atoms with Gasteiger partial charge in [0.1, 0.15) is 0 Å². The standard InChI is InChI=1S/C17H30N4O3/c1-12(2)15(22)19-7-14-8-24-6-5-21(14)17(9-19)10-20(11-17)16(23)18-13(3)4/h12-14H,5-11H2,1-4H3,(H,18,23)/t14-/m1/s1. The number of carbonyl (C=O) groups excluding carboxylic acids is 2. The van der Waals surface area contributed by atoms with Gasteiger partial charge in [-0.2, -0.15) is 0 Å². The van der Waals surface area contributed by atoms with Crippen LogP contribution in [0.25, 0.3) is 0 Å². The summed E-state index contributed by atoms with van der Waals surface area (Å²) in [6, 6.07) is 0.369. The molecule has 0 bridgehead atoms. The Bertz CT molecular complexity index is 502. The molecular formula is C17H30N4O3. The normalized spacial score (nSPS) is 26.5. The summed E-state index contributed by atoms with van der Waals surface area (Å²) in [6.07, 6.45) is 0. The highest BCUT2D eigenvalue weighted by Gasteiger charge is 2.56. The number of carbonyl (C=O) groups is 2. The molecule has 3 aliphatic rings. The second kappa shape index (κ2) is 6.52. The third-order valence-corrected chi connectivity index (χ3v) is 5.23. The molecule has 1 N–H and O–H groups in total. The van der Waals surface area contributed by atoms with Gasteiger partial charge in [-0.25, -0.2) is 4.79 Å². The first-order valence-corrected chi connectivity index (χ1v) is 9.01. The number of ether oxygens (including phenoxy) is 1. The zero-order valence-corrected chi connectivity index (χ0v) is 15.2. The zero-order chi connectivity index (χ0) is 17.5. The van der Waals surface area contributed by atoms with E-state index in [-0.39, 0.29) is 35.5 Å². The van der Waals surface area contributed by atoms with Crippen LogP contribution in [0.15, 0.2) is 0 Å². The quantitative estimate of drug-likeness (QED) is 0.789. The zero-order valence-electron chi connectivity index (χ0n) is 15.2. The number of likely N-dealkylation sites (tertiary alicyclic amines) is 1. The van der Waals surface area contributed by atoms with E-state index in [0.717, 1.165) is 19.7 Å². The third-order valence-electron chi connectivity index (χ3n) is 5.23. The van der Waals surface area contributed by atoms with Gasteiger partial charge in [-0.15, -0.1) is 0 Å². The van der Waals surface area contributed by atoms with Crippen molar-refractivity contribution in [1.82, 2.24) is 20.0 Å². The first kappa shape index (κ1) is 17.5. The van der Waals surface area contributed by atoms with Crippen molar-refractivity contribution < 1.29 is 14.3 Å². The van der Waals surface area contributed by atoms with Crippen molar-refractivity contribution in [3.63, 3.8) is 0 Å². The van der Waals surface area contributed by atoms with E-state index >= 15 is 0 Å². The van der Waals surface area contributed by atoms with Crippen LogP contribution in [0.4, 0.5) is 4.79 Å². The third kappa shape index (κ3) is 3.11. The minimum absolute atomic E-state index is 0.00136. The molecule has 3 aliphatic heterocycles. The molecular weight excluding hydrogens is 308 g/mol. The molecule has 3 heterocycles. The molecule has 0 saturated carbocycles. The molecule has 7 nitrogen and oxygen atoms in total. The van der Waals surface area contributed by atoms with Crippen molar-refractivity contribution in [2.24, 2.45) is 5.92 Å². The Hall–Kier alpha value is -1.34. The maximum Gasteiger partial charge on any atom is 0.317 e. The van der Waals surface area contributed by atoms with Gasteiger partial charge in [0.05, 0.1) is 24.8 Å².